The molecule has 0 amide bonds. The van der Waals surface area contributed by atoms with Crippen LogP contribution >= 0.6 is 0 Å². The Morgan fingerprint density at radius 2 is 0.974 bits per heavy atom. The molecule has 0 aromatic heterocycles. The topological polar surface area (TPSA) is 0 Å². The fourth-order valence-corrected chi connectivity index (χ4v) is 59.0. The molecule has 0 radical (unpaired) electrons. The van der Waals surface area contributed by atoms with Gasteiger partial charge in [0.25, 0.3) is 0 Å². The largest absolute Gasteiger partial charge is 1.00 e. The number of hydrogen-bond donors (Lipinski definition) is 0. The van der Waals surface area contributed by atoms with Crippen LogP contribution in [-0.2, 0) is 18.3 Å². The molecule has 192 valence electrons. The molecule has 0 saturated carbocycles. The third-order valence-corrected chi connectivity index (χ3v) is 54.3. The quantitative estimate of drug-likeness (QED) is 0.248. The first-order chi connectivity index (χ1) is 18.1. The first kappa shape index (κ1) is 28.6. The van der Waals surface area contributed by atoms with Crippen LogP contribution in [0.1, 0.15) is 43.5 Å². The first-order valence-corrected chi connectivity index (χ1v) is 31.0. The van der Waals surface area contributed by atoms with Crippen molar-refractivity contribution in [2.75, 3.05) is 0 Å². The van der Waals surface area contributed by atoms with E-state index in [1.54, 1.807) is 26.7 Å². The van der Waals surface area contributed by atoms with Crippen molar-refractivity contribution >= 4 is 48.1 Å². The van der Waals surface area contributed by atoms with E-state index in [4.69, 9.17) is 0 Å². The summed E-state index contributed by atoms with van der Waals surface area (Å²) >= 11 is -2.43. The van der Waals surface area contributed by atoms with Crippen LogP contribution in [0.4, 0.5) is 0 Å². The molecule has 0 nitrogen and oxygen atoms in total. The van der Waals surface area contributed by atoms with Crippen molar-refractivity contribution in [2.45, 2.75) is 27.0 Å². The van der Waals surface area contributed by atoms with Gasteiger partial charge in [0.1, 0.15) is 0 Å². The van der Waals surface area contributed by atoms with E-state index < -0.39 is 28.4 Å². The van der Waals surface area contributed by atoms with E-state index in [0.717, 1.165) is 0 Å². The number of rotatable bonds is 3. The predicted octanol–water partition coefficient (Wildman–Crippen LogP) is 2.76. The molecule has 39 heavy (non-hydrogen) atoms. The van der Waals surface area contributed by atoms with Crippen LogP contribution in [0.3, 0.4) is 0 Å². The van der Waals surface area contributed by atoms with Crippen molar-refractivity contribution in [3.63, 3.8) is 0 Å². The summed E-state index contributed by atoms with van der Waals surface area (Å²) < 4.78 is 3.01. The fraction of sp³-hybridized carbons (Fsp3) is 0.143. The first-order valence-electron chi connectivity index (χ1n) is 13.3. The predicted molar refractivity (Wildman–Crippen MR) is 158 cm³/mol. The average molecular weight is 773 g/mol. The maximum absolute atomic E-state index is 2.72. The Hall–Kier alpha value is -1.91. The summed E-state index contributed by atoms with van der Waals surface area (Å²) in [5.74, 6) is 2.72. The number of benzene rings is 5. The number of fused-ring (bicyclic) bond motifs is 6. The van der Waals surface area contributed by atoms with Crippen LogP contribution in [-0.4, -0.2) is 10.1 Å². The van der Waals surface area contributed by atoms with Crippen molar-refractivity contribution in [1.29, 1.82) is 0 Å². The molecule has 0 heterocycles. The Labute approximate surface area is 252 Å². The molecule has 5 aromatic rings. The minimum Gasteiger partial charge on any atom is -1.00 e. The molecule has 0 aliphatic heterocycles. The van der Waals surface area contributed by atoms with E-state index in [1.807, 2.05) is 0 Å². The summed E-state index contributed by atoms with van der Waals surface area (Å²) in [6, 6.07) is 39.3. The van der Waals surface area contributed by atoms with E-state index in [-0.39, 0.29) is 24.8 Å². The summed E-state index contributed by atoms with van der Waals surface area (Å²) in [6.45, 7) is 4.88. The second-order valence-corrected chi connectivity index (χ2v) is 45.8. The molecule has 7 rings (SSSR count). The zero-order chi connectivity index (χ0) is 25.1. The van der Waals surface area contributed by atoms with E-state index >= 15 is 0 Å². The van der Waals surface area contributed by atoms with Gasteiger partial charge in [-0.1, -0.05) is 0 Å². The SMILES string of the molecule is CC1=Cc2c(ccc3ccccc23)[CH]1[Hf+2]([CH]1C(C)=Cc2c1ccc1ccccc21)=[Ge]([CH3])[c]1ccccc1.[Cl-].[Cl-]. The zero-order valence-electron chi connectivity index (χ0n) is 22.4. The number of hydrogen-bond acceptors (Lipinski definition) is 0. The standard InChI is InChI=1S/2C14H11.C7H8Ge.2ClH.Hf/c2*1-10-8-12-7-6-11-4-2-3-5-13(11)14(12)9-10;1-8-7-5-3-2-4-6-7;;;/h2*2-9H,1H3;2-6H,1H3;2*1H;/q;;;;;+2/p-2. The Kier molecular flexibility index (Phi) is 8.46. The van der Waals surface area contributed by atoms with Crippen LogP contribution in [0, 0.1) is 0 Å². The second kappa shape index (κ2) is 11.5. The van der Waals surface area contributed by atoms with E-state index in [9.17, 15) is 0 Å². The Morgan fingerprint density at radius 1 is 0.538 bits per heavy atom. The van der Waals surface area contributed by atoms with E-state index in [0.29, 0.717) is 7.35 Å². The van der Waals surface area contributed by atoms with Gasteiger partial charge in [-0.15, -0.1) is 0 Å². The molecular formula is C35H30Cl2GeHf. The van der Waals surface area contributed by atoms with Gasteiger partial charge in [-0.2, -0.15) is 0 Å². The van der Waals surface area contributed by atoms with Crippen molar-refractivity contribution in [3.8, 4) is 0 Å². The van der Waals surface area contributed by atoms with Gasteiger partial charge in [0.2, 0.25) is 0 Å². The molecule has 2 aliphatic carbocycles. The molecule has 0 bridgehead atoms. The normalized spacial score (nSPS) is 16.8. The van der Waals surface area contributed by atoms with Crippen LogP contribution in [0.2, 0.25) is 5.76 Å². The van der Waals surface area contributed by atoms with Crippen molar-refractivity contribution in [2.24, 2.45) is 0 Å². The minimum atomic E-state index is -2.43. The average Bonchev–Trinajstić information content (AvgIpc) is 3.46. The van der Waals surface area contributed by atoms with Crippen LogP contribution in [0.5, 0.6) is 0 Å². The van der Waals surface area contributed by atoms with Crippen molar-refractivity contribution < 1.29 is 43.2 Å². The van der Waals surface area contributed by atoms with E-state index in [2.05, 4.69) is 135 Å². The van der Waals surface area contributed by atoms with Crippen molar-refractivity contribution in [3.05, 3.63) is 137 Å². The summed E-state index contributed by atoms with van der Waals surface area (Å²) in [7, 11) is -1.53. The van der Waals surface area contributed by atoms with Gasteiger partial charge in [-0.05, 0) is 0 Å². The third-order valence-electron chi connectivity index (χ3n) is 8.55. The van der Waals surface area contributed by atoms with Crippen LogP contribution in [0.15, 0.2) is 114 Å². The smallest absolute Gasteiger partial charge is 1.00 e. The second-order valence-electron chi connectivity index (χ2n) is 10.7. The maximum atomic E-state index is 2.72. The van der Waals surface area contributed by atoms with Gasteiger partial charge >= 0.3 is 230 Å². The Balaban J connectivity index is 0.00000154. The monoisotopic (exact) mass is 774 g/mol. The number of allylic oxidation sites excluding steroid dienone is 2. The third kappa shape index (κ3) is 4.74. The Morgan fingerprint density at radius 3 is 1.46 bits per heavy atom. The number of halogens is 2. The van der Waals surface area contributed by atoms with Gasteiger partial charge in [0.15, 0.2) is 0 Å². The summed E-state index contributed by atoms with van der Waals surface area (Å²) in [5, 5.41) is 5.58. The van der Waals surface area contributed by atoms with Crippen LogP contribution in [0.25, 0.3) is 33.7 Å². The van der Waals surface area contributed by atoms with Gasteiger partial charge in [-0.25, -0.2) is 0 Å². The molecule has 4 heteroatoms. The van der Waals surface area contributed by atoms with Gasteiger partial charge < -0.3 is 24.8 Å². The summed E-state index contributed by atoms with van der Waals surface area (Å²) in [6.07, 6.45) is 5.11. The maximum Gasteiger partial charge on any atom is -1.00 e. The van der Waals surface area contributed by atoms with Gasteiger partial charge in [0, 0.05) is 0 Å². The fourth-order valence-electron chi connectivity index (χ4n) is 6.84. The van der Waals surface area contributed by atoms with E-state index in [1.165, 1.54) is 32.7 Å². The minimum absolute atomic E-state index is 0. The van der Waals surface area contributed by atoms with Gasteiger partial charge in [0.05, 0.1) is 0 Å². The van der Waals surface area contributed by atoms with Crippen LogP contribution < -0.4 is 29.2 Å². The molecule has 2 atom stereocenters. The summed E-state index contributed by atoms with van der Waals surface area (Å²) in [5.41, 5.74) is 9.50. The summed E-state index contributed by atoms with van der Waals surface area (Å²) in [4.78, 5) is 0. The molecule has 0 saturated heterocycles. The molecule has 2 unspecified atom stereocenters. The van der Waals surface area contributed by atoms with Crippen molar-refractivity contribution in [1.82, 2.24) is 0 Å². The van der Waals surface area contributed by atoms with Gasteiger partial charge in [-0.3, -0.25) is 0 Å². The zero-order valence-corrected chi connectivity index (χ0v) is 29.6. The molecule has 0 spiro atoms. The molecular weight excluding hydrogens is 742 g/mol. The molecule has 2 aliphatic rings. The Bertz CT molecular complexity index is 1710. The molecule has 5 aromatic carbocycles. The molecule has 0 fully saturated rings. The molecule has 0 N–H and O–H groups in total.